The molecule has 0 aromatic heterocycles. The summed E-state index contributed by atoms with van der Waals surface area (Å²) in [5, 5.41) is 8.86. The monoisotopic (exact) mass is 225 g/mol. The van der Waals surface area contributed by atoms with Gasteiger partial charge in [0.2, 0.25) is 0 Å². The molecule has 0 spiro atoms. The van der Waals surface area contributed by atoms with E-state index in [1.807, 2.05) is 13.8 Å². The lowest BCUT2D eigenvalue weighted by Gasteiger charge is -2.22. The van der Waals surface area contributed by atoms with E-state index in [9.17, 15) is 0 Å². The first kappa shape index (κ1) is 13.5. The van der Waals surface area contributed by atoms with Crippen molar-refractivity contribution in [1.82, 2.24) is 0 Å². The van der Waals surface area contributed by atoms with Crippen molar-refractivity contribution in [2.75, 3.05) is 19.8 Å². The van der Waals surface area contributed by atoms with E-state index in [-0.39, 0.29) is 5.41 Å². The van der Waals surface area contributed by atoms with E-state index in [1.54, 1.807) is 0 Å². The molecule has 3 nitrogen and oxygen atoms in total. The van der Waals surface area contributed by atoms with Crippen molar-refractivity contribution in [2.45, 2.75) is 52.1 Å². The number of ether oxygens (including phenoxy) is 2. The second-order valence-corrected chi connectivity index (χ2v) is 5.14. The summed E-state index contributed by atoms with van der Waals surface area (Å²) >= 11 is 0. The molecule has 0 amide bonds. The second kappa shape index (κ2) is 6.88. The summed E-state index contributed by atoms with van der Waals surface area (Å²) in [7, 11) is 0. The average Bonchev–Trinajstić information content (AvgIpc) is 2.30. The van der Waals surface area contributed by atoms with Crippen LogP contribution in [-0.2, 0) is 9.47 Å². The number of hydrogen-bond acceptors (Lipinski definition) is 3. The molecule has 0 aliphatic carbocycles. The van der Waals surface area contributed by atoms with Gasteiger partial charge in [0.05, 0.1) is 17.6 Å². The predicted molar refractivity (Wildman–Crippen MR) is 63.0 cm³/mol. The highest BCUT2D eigenvalue weighted by Gasteiger charge is 2.16. The van der Waals surface area contributed by atoms with Crippen LogP contribution < -0.4 is 0 Å². The summed E-state index contributed by atoms with van der Waals surface area (Å²) in [6.45, 7) is 6.49. The molecule has 0 N–H and O–H groups in total. The third-order valence-corrected chi connectivity index (χ3v) is 3.02. The van der Waals surface area contributed by atoms with Gasteiger partial charge in [-0.05, 0) is 46.0 Å². The summed E-state index contributed by atoms with van der Waals surface area (Å²) in [6, 6.07) is 2.32. The van der Waals surface area contributed by atoms with Crippen LogP contribution in [0.3, 0.4) is 0 Å². The highest BCUT2D eigenvalue weighted by Crippen LogP contribution is 2.21. The van der Waals surface area contributed by atoms with Gasteiger partial charge >= 0.3 is 0 Å². The standard InChI is InChI=1S/C13H23NO2/c1-13(2,11-14)7-3-4-8-16-12-5-9-15-10-6-12/h12H,3-10H2,1-2H3. The Morgan fingerprint density at radius 3 is 2.62 bits per heavy atom. The van der Waals surface area contributed by atoms with Crippen LogP contribution in [0.5, 0.6) is 0 Å². The van der Waals surface area contributed by atoms with E-state index in [4.69, 9.17) is 14.7 Å². The van der Waals surface area contributed by atoms with Crippen LogP contribution in [0.1, 0.15) is 46.0 Å². The molecular formula is C13H23NO2. The molecule has 0 unspecified atom stereocenters. The Morgan fingerprint density at radius 1 is 1.31 bits per heavy atom. The Kier molecular flexibility index (Phi) is 5.79. The minimum atomic E-state index is -0.182. The number of hydrogen-bond donors (Lipinski definition) is 0. The first-order valence-corrected chi connectivity index (χ1v) is 6.25. The molecule has 1 heterocycles. The van der Waals surface area contributed by atoms with Gasteiger partial charge in [-0.3, -0.25) is 0 Å². The van der Waals surface area contributed by atoms with Crippen molar-refractivity contribution in [3.05, 3.63) is 0 Å². The quantitative estimate of drug-likeness (QED) is 0.653. The molecule has 0 aromatic rings. The second-order valence-electron chi connectivity index (χ2n) is 5.14. The Balaban J connectivity index is 1.97. The van der Waals surface area contributed by atoms with Gasteiger partial charge in [0.25, 0.3) is 0 Å². The summed E-state index contributed by atoms with van der Waals surface area (Å²) in [4.78, 5) is 0. The van der Waals surface area contributed by atoms with Crippen molar-refractivity contribution in [2.24, 2.45) is 5.41 Å². The van der Waals surface area contributed by atoms with E-state index >= 15 is 0 Å². The third-order valence-electron chi connectivity index (χ3n) is 3.02. The maximum absolute atomic E-state index is 8.86. The minimum Gasteiger partial charge on any atom is -0.381 e. The average molecular weight is 225 g/mol. The third kappa shape index (κ3) is 5.48. The molecule has 0 atom stereocenters. The highest BCUT2D eigenvalue weighted by atomic mass is 16.5. The number of nitriles is 1. The fourth-order valence-corrected chi connectivity index (χ4v) is 1.82. The van der Waals surface area contributed by atoms with Gasteiger partial charge in [-0.2, -0.15) is 5.26 Å². The van der Waals surface area contributed by atoms with Crippen LogP contribution in [0, 0.1) is 16.7 Å². The van der Waals surface area contributed by atoms with Crippen LogP contribution in [0.25, 0.3) is 0 Å². The molecule has 0 aromatic carbocycles. The van der Waals surface area contributed by atoms with Gasteiger partial charge in [-0.1, -0.05) is 0 Å². The van der Waals surface area contributed by atoms with Gasteiger partial charge in [0, 0.05) is 19.8 Å². The zero-order chi connectivity index (χ0) is 11.9. The van der Waals surface area contributed by atoms with Crippen molar-refractivity contribution in [3.63, 3.8) is 0 Å². The number of rotatable bonds is 6. The maximum atomic E-state index is 8.86. The molecule has 1 saturated heterocycles. The van der Waals surface area contributed by atoms with Gasteiger partial charge in [-0.25, -0.2) is 0 Å². The summed E-state index contributed by atoms with van der Waals surface area (Å²) in [5.74, 6) is 0. The van der Waals surface area contributed by atoms with Crippen molar-refractivity contribution in [1.29, 1.82) is 5.26 Å². The van der Waals surface area contributed by atoms with E-state index in [1.165, 1.54) is 0 Å². The maximum Gasteiger partial charge on any atom is 0.0683 e. The van der Waals surface area contributed by atoms with Crippen molar-refractivity contribution >= 4 is 0 Å². The van der Waals surface area contributed by atoms with Crippen LogP contribution >= 0.6 is 0 Å². The predicted octanol–water partition coefficient (Wildman–Crippen LogP) is 2.90. The topological polar surface area (TPSA) is 42.2 Å². The van der Waals surface area contributed by atoms with E-state index in [2.05, 4.69) is 6.07 Å². The largest absolute Gasteiger partial charge is 0.381 e. The highest BCUT2D eigenvalue weighted by molar-refractivity contribution is 4.91. The fourth-order valence-electron chi connectivity index (χ4n) is 1.82. The zero-order valence-electron chi connectivity index (χ0n) is 10.5. The van der Waals surface area contributed by atoms with E-state index in [0.29, 0.717) is 6.10 Å². The van der Waals surface area contributed by atoms with Crippen molar-refractivity contribution in [3.8, 4) is 6.07 Å². The summed E-state index contributed by atoms with van der Waals surface area (Å²) < 4.78 is 11.0. The molecule has 1 rings (SSSR count). The molecule has 92 valence electrons. The van der Waals surface area contributed by atoms with Crippen LogP contribution in [0.2, 0.25) is 0 Å². The van der Waals surface area contributed by atoms with E-state index in [0.717, 1.165) is 51.9 Å². The zero-order valence-corrected chi connectivity index (χ0v) is 10.5. The van der Waals surface area contributed by atoms with Gasteiger partial charge in [0.15, 0.2) is 0 Å². The first-order valence-electron chi connectivity index (χ1n) is 6.25. The SMILES string of the molecule is CC(C)(C#N)CCCCOC1CCOCC1. The smallest absolute Gasteiger partial charge is 0.0683 e. The molecule has 3 heteroatoms. The molecule has 1 aliphatic rings. The van der Waals surface area contributed by atoms with Gasteiger partial charge in [0.1, 0.15) is 0 Å². The van der Waals surface area contributed by atoms with Crippen LogP contribution in [0.4, 0.5) is 0 Å². The minimum absolute atomic E-state index is 0.182. The molecule has 0 radical (unpaired) electrons. The number of unbranched alkanes of at least 4 members (excludes halogenated alkanes) is 1. The summed E-state index contributed by atoms with van der Waals surface area (Å²) in [6.07, 6.45) is 5.55. The van der Waals surface area contributed by atoms with Crippen molar-refractivity contribution < 1.29 is 9.47 Å². The molecule has 1 aliphatic heterocycles. The molecule has 0 bridgehead atoms. The summed E-state index contributed by atoms with van der Waals surface area (Å²) in [5.41, 5.74) is -0.182. The normalized spacial score (nSPS) is 18.3. The van der Waals surface area contributed by atoms with Crippen LogP contribution in [0.15, 0.2) is 0 Å². The molecule has 0 saturated carbocycles. The number of nitrogens with zero attached hydrogens (tertiary/aromatic N) is 1. The van der Waals surface area contributed by atoms with Gasteiger partial charge < -0.3 is 9.47 Å². The fraction of sp³-hybridized carbons (Fsp3) is 0.923. The Morgan fingerprint density at radius 2 is 2.00 bits per heavy atom. The Hall–Kier alpha value is -0.590. The van der Waals surface area contributed by atoms with Crippen LogP contribution in [-0.4, -0.2) is 25.9 Å². The molecule has 1 fully saturated rings. The lowest BCUT2D eigenvalue weighted by atomic mass is 9.89. The molecule has 16 heavy (non-hydrogen) atoms. The molecular weight excluding hydrogens is 202 g/mol. The lowest BCUT2D eigenvalue weighted by molar-refractivity contribution is -0.0329. The Labute approximate surface area is 98.7 Å². The first-order chi connectivity index (χ1) is 7.64. The van der Waals surface area contributed by atoms with Gasteiger partial charge in [-0.15, -0.1) is 0 Å². The Bertz CT molecular complexity index is 227. The van der Waals surface area contributed by atoms with E-state index < -0.39 is 0 Å². The lowest BCUT2D eigenvalue weighted by Crippen LogP contribution is -2.23.